The SMILES string of the molecule is CCNC(=NCC(c1cnn(C)c1)N(C)C)NC1CCOc2ccccc21.I. The largest absolute Gasteiger partial charge is 0.493 e. The lowest BCUT2D eigenvalue weighted by molar-refractivity contribution is 0.261. The van der Waals surface area contributed by atoms with Crippen molar-refractivity contribution in [3.8, 4) is 5.75 Å². The fraction of sp³-hybridized carbons (Fsp3) is 0.500. The summed E-state index contributed by atoms with van der Waals surface area (Å²) in [5.74, 6) is 1.79. The number of halogens is 1. The Kier molecular flexibility index (Phi) is 8.56. The average molecular weight is 498 g/mol. The van der Waals surface area contributed by atoms with Crippen molar-refractivity contribution in [1.82, 2.24) is 25.3 Å². The normalized spacial score (nSPS) is 17.3. The number of rotatable bonds is 6. The van der Waals surface area contributed by atoms with Crippen LogP contribution in [-0.2, 0) is 7.05 Å². The number of likely N-dealkylation sites (N-methyl/N-ethyl adjacent to an activating group) is 1. The molecule has 0 spiro atoms. The molecule has 1 aromatic carbocycles. The molecule has 2 N–H and O–H groups in total. The fourth-order valence-corrected chi connectivity index (χ4v) is 3.33. The van der Waals surface area contributed by atoms with Gasteiger partial charge in [0.15, 0.2) is 5.96 Å². The average Bonchev–Trinajstić information content (AvgIpc) is 3.08. The number of fused-ring (bicyclic) bond motifs is 1. The van der Waals surface area contributed by atoms with Gasteiger partial charge in [0.1, 0.15) is 5.75 Å². The molecule has 2 aromatic rings. The van der Waals surface area contributed by atoms with Crippen LogP contribution in [0.1, 0.15) is 36.6 Å². The molecule has 0 saturated heterocycles. The van der Waals surface area contributed by atoms with Gasteiger partial charge >= 0.3 is 0 Å². The number of benzene rings is 1. The van der Waals surface area contributed by atoms with Crippen molar-refractivity contribution in [2.45, 2.75) is 25.4 Å². The van der Waals surface area contributed by atoms with Gasteiger partial charge in [-0.2, -0.15) is 5.10 Å². The summed E-state index contributed by atoms with van der Waals surface area (Å²) in [5, 5.41) is 11.3. The third kappa shape index (κ3) is 5.60. The van der Waals surface area contributed by atoms with Gasteiger partial charge in [0.2, 0.25) is 0 Å². The first-order valence-electron chi connectivity index (χ1n) is 9.50. The van der Waals surface area contributed by atoms with E-state index >= 15 is 0 Å². The number of para-hydroxylation sites is 1. The van der Waals surface area contributed by atoms with Crippen LogP contribution >= 0.6 is 24.0 Å². The molecular formula is C20H31IN6O. The lowest BCUT2D eigenvalue weighted by Gasteiger charge is -2.28. The lowest BCUT2D eigenvalue weighted by Crippen LogP contribution is -2.41. The summed E-state index contributed by atoms with van der Waals surface area (Å²) < 4.78 is 7.60. The zero-order valence-corrected chi connectivity index (χ0v) is 19.4. The Morgan fingerprint density at radius 3 is 2.86 bits per heavy atom. The maximum atomic E-state index is 5.77. The van der Waals surface area contributed by atoms with Crippen LogP contribution < -0.4 is 15.4 Å². The van der Waals surface area contributed by atoms with Gasteiger partial charge in [-0.15, -0.1) is 24.0 Å². The number of aryl methyl sites for hydroxylation is 1. The molecule has 8 heteroatoms. The van der Waals surface area contributed by atoms with Crippen molar-refractivity contribution >= 4 is 29.9 Å². The van der Waals surface area contributed by atoms with Gasteiger partial charge in [-0.1, -0.05) is 18.2 Å². The molecule has 2 heterocycles. The van der Waals surface area contributed by atoms with Crippen molar-refractivity contribution in [3.63, 3.8) is 0 Å². The molecular weight excluding hydrogens is 467 g/mol. The molecule has 1 aromatic heterocycles. The van der Waals surface area contributed by atoms with E-state index in [1.807, 2.05) is 30.1 Å². The smallest absolute Gasteiger partial charge is 0.191 e. The van der Waals surface area contributed by atoms with Crippen LogP contribution in [0.2, 0.25) is 0 Å². The van der Waals surface area contributed by atoms with E-state index in [2.05, 4.69) is 60.0 Å². The molecule has 7 nitrogen and oxygen atoms in total. The summed E-state index contributed by atoms with van der Waals surface area (Å²) in [5.41, 5.74) is 2.35. The van der Waals surface area contributed by atoms with Gasteiger partial charge in [0.25, 0.3) is 0 Å². The zero-order chi connectivity index (χ0) is 19.2. The molecule has 28 heavy (non-hydrogen) atoms. The van der Waals surface area contributed by atoms with E-state index in [0.29, 0.717) is 13.2 Å². The molecule has 2 atom stereocenters. The minimum absolute atomic E-state index is 0. The summed E-state index contributed by atoms with van der Waals surface area (Å²) in [6.45, 7) is 4.26. The number of nitrogens with zero attached hydrogens (tertiary/aromatic N) is 4. The maximum Gasteiger partial charge on any atom is 0.191 e. The van der Waals surface area contributed by atoms with E-state index in [1.165, 1.54) is 11.1 Å². The molecule has 0 amide bonds. The molecule has 1 aliphatic heterocycles. The highest BCUT2D eigenvalue weighted by molar-refractivity contribution is 14.0. The highest BCUT2D eigenvalue weighted by Crippen LogP contribution is 2.31. The van der Waals surface area contributed by atoms with Gasteiger partial charge in [0, 0.05) is 37.3 Å². The highest BCUT2D eigenvalue weighted by Gasteiger charge is 2.22. The second kappa shape index (κ2) is 10.7. The molecule has 154 valence electrons. The van der Waals surface area contributed by atoms with Crippen LogP contribution in [0.5, 0.6) is 5.75 Å². The first-order chi connectivity index (χ1) is 13.1. The van der Waals surface area contributed by atoms with Gasteiger partial charge in [0.05, 0.1) is 31.4 Å². The number of ether oxygens (including phenoxy) is 1. The van der Waals surface area contributed by atoms with Gasteiger partial charge < -0.3 is 20.3 Å². The minimum atomic E-state index is 0. The number of hydrogen-bond acceptors (Lipinski definition) is 4. The van der Waals surface area contributed by atoms with Crippen LogP contribution in [0, 0.1) is 0 Å². The fourth-order valence-electron chi connectivity index (χ4n) is 3.33. The number of hydrogen-bond donors (Lipinski definition) is 2. The molecule has 0 fully saturated rings. The second-order valence-corrected chi connectivity index (χ2v) is 7.02. The molecule has 2 unspecified atom stereocenters. The molecule has 0 aliphatic carbocycles. The first-order valence-corrected chi connectivity index (χ1v) is 9.50. The Bertz CT molecular complexity index is 776. The third-order valence-corrected chi connectivity index (χ3v) is 4.77. The van der Waals surface area contributed by atoms with Gasteiger partial charge in [-0.05, 0) is 27.1 Å². The topological polar surface area (TPSA) is 66.7 Å². The van der Waals surface area contributed by atoms with Gasteiger partial charge in [-0.25, -0.2) is 0 Å². The predicted molar refractivity (Wildman–Crippen MR) is 123 cm³/mol. The van der Waals surface area contributed by atoms with E-state index < -0.39 is 0 Å². The highest BCUT2D eigenvalue weighted by atomic mass is 127. The Balaban J connectivity index is 0.00000280. The monoisotopic (exact) mass is 498 g/mol. The second-order valence-electron chi connectivity index (χ2n) is 7.02. The van der Waals surface area contributed by atoms with Crippen molar-refractivity contribution in [3.05, 3.63) is 47.8 Å². The summed E-state index contributed by atoms with van der Waals surface area (Å²) in [7, 11) is 6.08. The molecule has 0 bridgehead atoms. The van der Waals surface area contributed by atoms with Crippen LogP contribution in [-0.4, -0.2) is 54.4 Å². The summed E-state index contributed by atoms with van der Waals surface area (Å²) >= 11 is 0. The van der Waals surface area contributed by atoms with Crippen LogP contribution in [0.25, 0.3) is 0 Å². The molecule has 0 radical (unpaired) electrons. The van der Waals surface area contributed by atoms with E-state index in [0.717, 1.165) is 24.7 Å². The lowest BCUT2D eigenvalue weighted by atomic mass is 10.0. The van der Waals surface area contributed by atoms with Crippen molar-refractivity contribution in [1.29, 1.82) is 0 Å². The van der Waals surface area contributed by atoms with Crippen LogP contribution in [0.15, 0.2) is 41.7 Å². The quantitative estimate of drug-likeness (QED) is 0.365. The predicted octanol–water partition coefficient (Wildman–Crippen LogP) is 2.72. The van der Waals surface area contributed by atoms with Crippen LogP contribution in [0.4, 0.5) is 0 Å². The van der Waals surface area contributed by atoms with E-state index in [9.17, 15) is 0 Å². The van der Waals surface area contributed by atoms with Crippen LogP contribution in [0.3, 0.4) is 0 Å². The van der Waals surface area contributed by atoms with Crippen molar-refractivity contribution < 1.29 is 4.74 Å². The standard InChI is InChI=1S/C20H30N6O.HI/c1-5-21-20(22-13-18(25(2)3)15-12-23-26(4)14-15)24-17-10-11-27-19-9-7-6-8-16(17)19;/h6-9,12,14,17-18H,5,10-11,13H2,1-4H3,(H2,21,22,24);1H. The summed E-state index contributed by atoms with van der Waals surface area (Å²) in [6.07, 6.45) is 4.88. The van der Waals surface area contributed by atoms with Crippen molar-refractivity contribution in [2.24, 2.45) is 12.0 Å². The molecule has 0 saturated carbocycles. The Morgan fingerprint density at radius 2 is 2.18 bits per heavy atom. The summed E-state index contributed by atoms with van der Waals surface area (Å²) in [6, 6.07) is 8.58. The van der Waals surface area contributed by atoms with Gasteiger partial charge in [-0.3, -0.25) is 9.67 Å². The Hall–Kier alpha value is -1.81. The third-order valence-electron chi connectivity index (χ3n) is 4.77. The summed E-state index contributed by atoms with van der Waals surface area (Å²) in [4.78, 5) is 7.04. The number of aliphatic imine (C=N–C) groups is 1. The maximum absolute atomic E-state index is 5.77. The molecule has 1 aliphatic rings. The Morgan fingerprint density at radius 1 is 1.39 bits per heavy atom. The van der Waals surface area contributed by atoms with Crippen molar-refractivity contribution in [2.75, 3.05) is 33.8 Å². The molecule has 3 rings (SSSR count). The van der Waals surface area contributed by atoms with E-state index in [1.54, 1.807) is 0 Å². The minimum Gasteiger partial charge on any atom is -0.493 e. The zero-order valence-electron chi connectivity index (χ0n) is 17.1. The van der Waals surface area contributed by atoms with E-state index in [-0.39, 0.29) is 36.1 Å². The number of guanidine groups is 1. The first kappa shape index (κ1) is 22.5. The number of nitrogens with one attached hydrogen (secondary N) is 2. The Labute approximate surface area is 184 Å². The van der Waals surface area contributed by atoms with E-state index in [4.69, 9.17) is 9.73 Å². The number of aromatic nitrogens is 2.